The predicted molar refractivity (Wildman–Crippen MR) is 413 cm³/mol. The minimum Gasteiger partial charge on any atom is -0.449 e. The maximum atomic E-state index is 14.2. The first kappa shape index (κ1) is 78.4. The van der Waals surface area contributed by atoms with Crippen LogP contribution in [0.1, 0.15) is 203 Å². The van der Waals surface area contributed by atoms with E-state index in [4.69, 9.17) is 33.9 Å². The molecule has 2 aliphatic heterocycles. The van der Waals surface area contributed by atoms with Crippen molar-refractivity contribution in [2.75, 3.05) is 76.8 Å². The number of benzene rings is 6. The fourth-order valence-corrected chi connectivity index (χ4v) is 14.8. The van der Waals surface area contributed by atoms with E-state index < -0.39 is 12.0 Å². The number of aromatic nitrogens is 6. The summed E-state index contributed by atoms with van der Waals surface area (Å²) in [6.45, 7) is 6.04. The molecule has 21 nitrogen and oxygen atoms in total. The molecule has 6 aromatic carbocycles. The van der Waals surface area contributed by atoms with Crippen molar-refractivity contribution in [3.8, 4) is 56.2 Å². The van der Waals surface area contributed by atoms with E-state index in [2.05, 4.69) is 22.7 Å². The monoisotopic (exact) mass is 1450 g/mol. The SMILES string of the molecule is CCCCCCCCCCCCCNC(=O)OCC1c2cc(C(=O)CCCOCCn3nnc4c3-c3ccccc3N(C(=O)CCCC(=O)CCOC)Cc3ccccc3-4)ccc2-c2ccc(C(=O)CCCOCCn3nnc4c3-c3ccccc3N(C(=O)CCCC(=O)CCOC)Cc3ccccc3-4)cc21. The first-order valence-electron chi connectivity index (χ1n) is 38.7. The second-order valence-electron chi connectivity index (χ2n) is 28.1. The lowest BCUT2D eigenvalue weighted by Gasteiger charge is -2.29. The molecule has 0 unspecified atom stereocenters. The lowest BCUT2D eigenvalue weighted by Crippen LogP contribution is -2.31. The number of nitrogens with zero attached hydrogens (tertiary/aromatic N) is 8. The van der Waals surface area contributed by atoms with Crippen molar-refractivity contribution in [3.63, 3.8) is 0 Å². The normalized spacial score (nSPS) is 12.6. The van der Waals surface area contributed by atoms with Crippen LogP contribution in [0, 0.1) is 0 Å². The van der Waals surface area contributed by atoms with Crippen LogP contribution in [0.3, 0.4) is 0 Å². The van der Waals surface area contributed by atoms with Crippen molar-refractivity contribution in [3.05, 3.63) is 167 Å². The van der Waals surface area contributed by atoms with Gasteiger partial charge in [0.2, 0.25) is 11.8 Å². The largest absolute Gasteiger partial charge is 0.449 e. The maximum absolute atomic E-state index is 14.2. The predicted octanol–water partition coefficient (Wildman–Crippen LogP) is 16.3. The highest BCUT2D eigenvalue weighted by molar-refractivity contribution is 6.03. The number of carbonyl (C=O) groups excluding carboxylic acids is 7. The number of ketones is 4. The van der Waals surface area contributed by atoms with Crippen molar-refractivity contribution in [2.24, 2.45) is 0 Å². The lowest BCUT2D eigenvalue weighted by atomic mass is 9.93. The summed E-state index contributed by atoms with van der Waals surface area (Å²) in [7, 11) is 3.14. The molecular weight excluding hydrogens is 1350 g/mol. The molecule has 11 rings (SSSR count). The number of fused-ring (bicyclic) bond motifs is 13. The number of alkyl carbamates (subject to hydrolysis) is 1. The Kier molecular flexibility index (Phi) is 29.6. The first-order valence-corrected chi connectivity index (χ1v) is 38.7. The number of unbranched alkanes of at least 4 members (excludes halogenated alkanes) is 10. The first-order chi connectivity index (χ1) is 52.4. The second kappa shape index (κ2) is 40.3. The summed E-state index contributed by atoms with van der Waals surface area (Å²) in [5.74, 6) is -0.584. The Labute approximate surface area is 628 Å². The number of hydrogen-bond acceptors (Lipinski definition) is 16. The van der Waals surface area contributed by atoms with Gasteiger partial charge in [0.25, 0.3) is 0 Å². The van der Waals surface area contributed by atoms with Crippen molar-refractivity contribution in [1.29, 1.82) is 0 Å². The zero-order valence-corrected chi connectivity index (χ0v) is 62.5. The Morgan fingerprint density at radius 3 is 1.32 bits per heavy atom. The summed E-state index contributed by atoms with van der Waals surface area (Å²) in [6.07, 6.45) is 16.6. The van der Waals surface area contributed by atoms with E-state index >= 15 is 0 Å². The molecule has 3 amide bonds. The number of ether oxygens (including phenoxy) is 5. The third kappa shape index (κ3) is 20.7. The molecular formula is C86H103N9O12. The summed E-state index contributed by atoms with van der Waals surface area (Å²) in [5, 5.41) is 21.6. The van der Waals surface area contributed by atoms with E-state index in [-0.39, 0.29) is 80.5 Å². The van der Waals surface area contributed by atoms with Gasteiger partial charge in [0.15, 0.2) is 11.6 Å². The highest BCUT2D eigenvalue weighted by Gasteiger charge is 2.34. The second-order valence-corrected chi connectivity index (χ2v) is 28.1. The summed E-state index contributed by atoms with van der Waals surface area (Å²) >= 11 is 0. The molecule has 0 atom stereocenters. The van der Waals surface area contributed by atoms with Crippen molar-refractivity contribution in [2.45, 2.75) is 187 Å². The number of nitrogens with one attached hydrogen (secondary N) is 1. The molecule has 0 saturated heterocycles. The molecule has 21 heteroatoms. The molecule has 564 valence electrons. The molecule has 2 aromatic heterocycles. The number of para-hydroxylation sites is 2. The fourth-order valence-electron chi connectivity index (χ4n) is 14.8. The average Bonchev–Trinajstić information content (AvgIpc) is 1.61. The molecule has 0 bridgehead atoms. The molecule has 0 spiro atoms. The minimum absolute atomic E-state index is 0.00632. The average molecular weight is 1450 g/mol. The highest BCUT2D eigenvalue weighted by atomic mass is 16.5. The zero-order valence-electron chi connectivity index (χ0n) is 62.5. The third-order valence-corrected chi connectivity index (χ3v) is 20.5. The van der Waals surface area contributed by atoms with Crippen LogP contribution < -0.4 is 15.1 Å². The van der Waals surface area contributed by atoms with Crippen molar-refractivity contribution >= 4 is 52.4 Å². The van der Waals surface area contributed by atoms with Crippen molar-refractivity contribution in [1.82, 2.24) is 35.3 Å². The van der Waals surface area contributed by atoms with E-state index in [0.29, 0.717) is 133 Å². The van der Waals surface area contributed by atoms with E-state index in [9.17, 15) is 33.6 Å². The lowest BCUT2D eigenvalue weighted by molar-refractivity contribution is -0.122. The summed E-state index contributed by atoms with van der Waals surface area (Å²) in [4.78, 5) is 98.5. The zero-order chi connectivity index (χ0) is 74.7. The molecule has 1 N–H and O–H groups in total. The van der Waals surface area contributed by atoms with E-state index in [1.807, 2.05) is 143 Å². The molecule has 0 radical (unpaired) electrons. The van der Waals surface area contributed by atoms with Gasteiger partial charge >= 0.3 is 6.09 Å². The summed E-state index contributed by atoms with van der Waals surface area (Å²) in [5.41, 5.74) is 14.2. The summed E-state index contributed by atoms with van der Waals surface area (Å²) in [6, 6.07) is 42.8. The number of amides is 3. The Morgan fingerprint density at radius 1 is 0.430 bits per heavy atom. The molecule has 0 fully saturated rings. The van der Waals surface area contributed by atoms with Crippen LogP contribution in [0.4, 0.5) is 16.2 Å². The summed E-state index contributed by atoms with van der Waals surface area (Å²) < 4.78 is 32.2. The van der Waals surface area contributed by atoms with Gasteiger partial charge in [-0.2, -0.15) is 0 Å². The van der Waals surface area contributed by atoms with Crippen LogP contribution in [-0.4, -0.2) is 138 Å². The molecule has 1 aliphatic carbocycles. The van der Waals surface area contributed by atoms with Crippen LogP contribution in [-0.2, 0) is 69.0 Å². The van der Waals surface area contributed by atoms with Gasteiger partial charge in [-0.25, -0.2) is 14.2 Å². The molecule has 0 saturated carbocycles. The van der Waals surface area contributed by atoms with Gasteiger partial charge < -0.3 is 38.8 Å². The van der Waals surface area contributed by atoms with Crippen LogP contribution in [0.5, 0.6) is 0 Å². The number of hydrogen-bond donors (Lipinski definition) is 1. The number of anilines is 2. The Balaban J connectivity index is 0.704. The van der Waals surface area contributed by atoms with Gasteiger partial charge in [-0.3, -0.25) is 28.8 Å². The van der Waals surface area contributed by atoms with Crippen LogP contribution in [0.25, 0.3) is 56.2 Å². The van der Waals surface area contributed by atoms with Gasteiger partial charge in [0.05, 0.1) is 75.4 Å². The number of carbonyl (C=O) groups is 7. The van der Waals surface area contributed by atoms with E-state index in [1.54, 1.807) is 24.0 Å². The number of rotatable bonds is 44. The molecule has 107 heavy (non-hydrogen) atoms. The van der Waals surface area contributed by atoms with Crippen LogP contribution >= 0.6 is 0 Å². The topological polar surface area (TPSA) is 246 Å². The van der Waals surface area contributed by atoms with E-state index in [1.165, 1.54) is 51.4 Å². The van der Waals surface area contributed by atoms with Gasteiger partial charge in [0.1, 0.15) is 29.6 Å². The Bertz CT molecular complexity index is 4100. The number of Topliss-reactive ketones (excluding diaryl/α,β-unsaturated/α-hetero) is 4. The fraction of sp³-hybridized carbons (Fsp3) is 0.453. The van der Waals surface area contributed by atoms with Crippen LogP contribution in [0.2, 0.25) is 0 Å². The molecule has 8 aromatic rings. The van der Waals surface area contributed by atoms with Gasteiger partial charge in [0, 0.05) is 125 Å². The molecule has 3 aliphatic rings. The minimum atomic E-state index is -0.509. The van der Waals surface area contributed by atoms with E-state index in [0.717, 1.165) is 97.7 Å². The number of methoxy groups -OCH3 is 2. The maximum Gasteiger partial charge on any atom is 0.407 e. The Morgan fingerprint density at radius 2 is 0.860 bits per heavy atom. The van der Waals surface area contributed by atoms with Crippen LogP contribution in [0.15, 0.2) is 133 Å². The van der Waals surface area contributed by atoms with Gasteiger partial charge in [-0.1, -0.05) is 191 Å². The van der Waals surface area contributed by atoms with Gasteiger partial charge in [-0.05, 0) is 89.8 Å². The smallest absolute Gasteiger partial charge is 0.407 e. The quantitative estimate of drug-likeness (QED) is 0.0275. The molecule has 4 heterocycles. The standard InChI is InChI=1S/C86H103N9O12/c1-4-5-6-7-8-9-10-11-12-13-22-47-87-86(102)107-60-75-73-56-61(78(98)37-25-50-105-54-48-94-84-71-33-18-20-35-76(71)92(80(100)39-23-29-65(96)45-52-103-2)58-63-27-14-16-31-67(63)82(84)88-90-94)41-43-69(73)70-44-42-62(57-74(70)75)79(99)38-26-51-106-55-49-95-85-72-34-19-21-36-77(72)93(81(101)40-24-30-66(97)46-53-104-3)59-64-28-15-17-32-68(64)83(85)89-91-95/h14-21,27-28,31-36,41-44,56-57,75H,4-13,22-26,29-30,37-40,45-55,58-60H2,1-3H3,(H,87,102). The highest BCUT2D eigenvalue weighted by Crippen LogP contribution is 2.47. The third-order valence-electron chi connectivity index (χ3n) is 20.5. The Hall–Kier alpha value is -9.67. The van der Waals surface area contributed by atoms with Crippen molar-refractivity contribution < 1.29 is 57.2 Å². The van der Waals surface area contributed by atoms with Gasteiger partial charge in [-0.15, -0.1) is 10.2 Å².